The molecule has 3 nitrogen and oxygen atoms in total. The largest absolute Gasteiger partial charge is 0.385 e. The molecule has 1 aliphatic rings. The summed E-state index contributed by atoms with van der Waals surface area (Å²) in [5, 5.41) is 6.97. The SMILES string of the molecule is Cc1ccc(Cl)cc1NC(=O)C1CCNc2ccccc21. The topological polar surface area (TPSA) is 41.1 Å². The van der Waals surface area contributed by atoms with Gasteiger partial charge < -0.3 is 10.6 Å². The molecule has 1 aliphatic heterocycles. The molecule has 108 valence electrons. The van der Waals surface area contributed by atoms with Crippen LogP contribution in [-0.4, -0.2) is 12.5 Å². The maximum absolute atomic E-state index is 12.6. The second-order valence-electron chi connectivity index (χ2n) is 5.30. The highest BCUT2D eigenvalue weighted by atomic mass is 35.5. The Bertz CT molecular complexity index is 684. The van der Waals surface area contributed by atoms with Gasteiger partial charge >= 0.3 is 0 Å². The zero-order chi connectivity index (χ0) is 14.8. The van der Waals surface area contributed by atoms with Crippen molar-refractivity contribution in [2.45, 2.75) is 19.3 Å². The molecule has 0 radical (unpaired) electrons. The average Bonchev–Trinajstić information content (AvgIpc) is 2.50. The van der Waals surface area contributed by atoms with E-state index in [4.69, 9.17) is 11.6 Å². The first kappa shape index (κ1) is 14.0. The van der Waals surface area contributed by atoms with Crippen molar-refractivity contribution < 1.29 is 4.79 Å². The first-order chi connectivity index (χ1) is 10.1. The highest BCUT2D eigenvalue weighted by molar-refractivity contribution is 6.31. The Hall–Kier alpha value is -2.00. The van der Waals surface area contributed by atoms with Gasteiger partial charge in [0.05, 0.1) is 5.92 Å². The van der Waals surface area contributed by atoms with Gasteiger partial charge in [-0.25, -0.2) is 0 Å². The van der Waals surface area contributed by atoms with Crippen molar-refractivity contribution in [3.63, 3.8) is 0 Å². The highest BCUT2D eigenvalue weighted by Gasteiger charge is 2.26. The van der Waals surface area contributed by atoms with E-state index in [1.807, 2.05) is 43.3 Å². The van der Waals surface area contributed by atoms with Gasteiger partial charge in [-0.15, -0.1) is 0 Å². The zero-order valence-corrected chi connectivity index (χ0v) is 12.6. The first-order valence-electron chi connectivity index (χ1n) is 7.05. The van der Waals surface area contributed by atoms with Crippen LogP contribution in [0.5, 0.6) is 0 Å². The number of anilines is 2. The molecule has 1 heterocycles. The van der Waals surface area contributed by atoms with Crippen molar-refractivity contribution in [3.05, 3.63) is 58.6 Å². The van der Waals surface area contributed by atoms with Crippen LogP contribution >= 0.6 is 11.6 Å². The minimum absolute atomic E-state index is 0.0225. The van der Waals surface area contributed by atoms with Gasteiger partial charge in [0, 0.05) is 22.9 Å². The second kappa shape index (κ2) is 5.78. The molecule has 0 bridgehead atoms. The van der Waals surface area contributed by atoms with Gasteiger partial charge in [0.2, 0.25) is 5.91 Å². The van der Waals surface area contributed by atoms with Gasteiger partial charge in [0.1, 0.15) is 0 Å². The molecular weight excluding hydrogens is 284 g/mol. The van der Waals surface area contributed by atoms with E-state index in [0.29, 0.717) is 5.02 Å². The summed E-state index contributed by atoms with van der Waals surface area (Å²) in [4.78, 5) is 12.6. The minimum atomic E-state index is -0.124. The van der Waals surface area contributed by atoms with Crippen LogP contribution in [0.25, 0.3) is 0 Å². The number of nitrogens with one attached hydrogen (secondary N) is 2. The van der Waals surface area contributed by atoms with E-state index in [0.717, 1.165) is 35.5 Å². The van der Waals surface area contributed by atoms with E-state index in [1.54, 1.807) is 6.07 Å². The number of benzene rings is 2. The van der Waals surface area contributed by atoms with Crippen LogP contribution in [0, 0.1) is 6.92 Å². The highest BCUT2D eigenvalue weighted by Crippen LogP contribution is 2.32. The molecule has 21 heavy (non-hydrogen) atoms. The molecule has 2 aromatic carbocycles. The number of para-hydroxylation sites is 1. The quantitative estimate of drug-likeness (QED) is 0.873. The molecule has 0 spiro atoms. The maximum Gasteiger partial charge on any atom is 0.232 e. The summed E-state index contributed by atoms with van der Waals surface area (Å²) in [6.45, 7) is 2.77. The van der Waals surface area contributed by atoms with Crippen molar-refractivity contribution in [1.29, 1.82) is 0 Å². The number of fused-ring (bicyclic) bond motifs is 1. The molecule has 0 saturated heterocycles. The summed E-state index contributed by atoms with van der Waals surface area (Å²) in [7, 11) is 0. The molecular formula is C17H17ClN2O. The maximum atomic E-state index is 12.6. The number of hydrogen-bond acceptors (Lipinski definition) is 2. The van der Waals surface area contributed by atoms with Crippen molar-refractivity contribution >= 4 is 28.9 Å². The van der Waals surface area contributed by atoms with Crippen LogP contribution < -0.4 is 10.6 Å². The van der Waals surface area contributed by atoms with Gasteiger partial charge in [-0.3, -0.25) is 4.79 Å². The summed E-state index contributed by atoms with van der Waals surface area (Å²) in [6.07, 6.45) is 0.794. The zero-order valence-electron chi connectivity index (χ0n) is 11.8. The molecule has 4 heteroatoms. The summed E-state index contributed by atoms with van der Waals surface area (Å²) in [5.41, 5.74) is 3.89. The number of halogens is 1. The summed E-state index contributed by atoms with van der Waals surface area (Å²) < 4.78 is 0. The lowest BCUT2D eigenvalue weighted by atomic mass is 9.90. The predicted octanol–water partition coefficient (Wildman–Crippen LogP) is 4.19. The first-order valence-corrected chi connectivity index (χ1v) is 7.43. The van der Waals surface area contributed by atoms with E-state index in [-0.39, 0.29) is 11.8 Å². The van der Waals surface area contributed by atoms with E-state index < -0.39 is 0 Å². The van der Waals surface area contributed by atoms with Gasteiger partial charge in [0.25, 0.3) is 0 Å². The lowest BCUT2D eigenvalue weighted by molar-refractivity contribution is -0.117. The number of rotatable bonds is 2. The average molecular weight is 301 g/mol. The third kappa shape index (κ3) is 2.88. The fourth-order valence-corrected chi connectivity index (χ4v) is 2.86. The summed E-state index contributed by atoms with van der Waals surface area (Å²) in [5.74, 6) is -0.102. The molecule has 2 aromatic rings. The van der Waals surface area contributed by atoms with Gasteiger partial charge in [-0.2, -0.15) is 0 Å². The Morgan fingerprint density at radius 1 is 1.29 bits per heavy atom. The smallest absolute Gasteiger partial charge is 0.232 e. The fraction of sp³-hybridized carbons (Fsp3) is 0.235. The summed E-state index contributed by atoms with van der Waals surface area (Å²) in [6, 6.07) is 13.5. The third-order valence-corrected chi connectivity index (χ3v) is 4.09. The Morgan fingerprint density at radius 2 is 2.10 bits per heavy atom. The molecule has 0 aromatic heterocycles. The predicted molar refractivity (Wildman–Crippen MR) is 87.1 cm³/mol. The molecule has 1 unspecified atom stereocenters. The van der Waals surface area contributed by atoms with Crippen LogP contribution in [0.15, 0.2) is 42.5 Å². The second-order valence-corrected chi connectivity index (χ2v) is 5.74. The van der Waals surface area contributed by atoms with Crippen molar-refractivity contribution in [2.75, 3.05) is 17.2 Å². The third-order valence-electron chi connectivity index (χ3n) is 3.86. The molecule has 0 aliphatic carbocycles. The van der Waals surface area contributed by atoms with E-state index in [1.165, 1.54) is 0 Å². The molecule has 3 rings (SSSR count). The standard InChI is InChI=1S/C17H17ClN2O/c1-11-6-7-12(18)10-16(11)20-17(21)14-8-9-19-15-5-3-2-4-13(14)15/h2-7,10,14,19H,8-9H2,1H3,(H,20,21). The number of hydrogen-bond donors (Lipinski definition) is 2. The monoisotopic (exact) mass is 300 g/mol. The van der Waals surface area contributed by atoms with E-state index in [9.17, 15) is 4.79 Å². The van der Waals surface area contributed by atoms with Crippen LogP contribution in [-0.2, 0) is 4.79 Å². The normalized spacial score (nSPS) is 16.8. The van der Waals surface area contributed by atoms with Gasteiger partial charge in [0.15, 0.2) is 0 Å². The van der Waals surface area contributed by atoms with Crippen LogP contribution in [0.1, 0.15) is 23.5 Å². The molecule has 2 N–H and O–H groups in total. The van der Waals surface area contributed by atoms with E-state index >= 15 is 0 Å². The van der Waals surface area contributed by atoms with Crippen LogP contribution in [0.3, 0.4) is 0 Å². The lowest BCUT2D eigenvalue weighted by Gasteiger charge is -2.26. The molecule has 1 amide bonds. The number of carbonyl (C=O) groups is 1. The fourth-order valence-electron chi connectivity index (χ4n) is 2.69. The van der Waals surface area contributed by atoms with Gasteiger partial charge in [-0.05, 0) is 42.7 Å². The number of aryl methyl sites for hydroxylation is 1. The van der Waals surface area contributed by atoms with Crippen molar-refractivity contribution in [3.8, 4) is 0 Å². The Kier molecular flexibility index (Phi) is 3.84. The summed E-state index contributed by atoms with van der Waals surface area (Å²) >= 11 is 6.01. The lowest BCUT2D eigenvalue weighted by Crippen LogP contribution is -2.27. The molecule has 1 atom stereocenters. The van der Waals surface area contributed by atoms with Crippen LogP contribution in [0.2, 0.25) is 5.02 Å². The Balaban J connectivity index is 1.85. The number of amides is 1. The van der Waals surface area contributed by atoms with Crippen molar-refractivity contribution in [2.24, 2.45) is 0 Å². The van der Waals surface area contributed by atoms with Crippen LogP contribution in [0.4, 0.5) is 11.4 Å². The van der Waals surface area contributed by atoms with Gasteiger partial charge in [-0.1, -0.05) is 35.9 Å². The molecule has 0 saturated carbocycles. The molecule has 0 fully saturated rings. The Labute approximate surface area is 129 Å². The van der Waals surface area contributed by atoms with Crippen molar-refractivity contribution in [1.82, 2.24) is 0 Å². The minimum Gasteiger partial charge on any atom is -0.385 e. The number of carbonyl (C=O) groups excluding carboxylic acids is 1. The Morgan fingerprint density at radius 3 is 2.95 bits per heavy atom. The van der Waals surface area contributed by atoms with E-state index in [2.05, 4.69) is 10.6 Å².